The third kappa shape index (κ3) is 3.08. The minimum atomic E-state index is -1.05. The predicted octanol–water partition coefficient (Wildman–Crippen LogP) is 3.58. The maximum Gasteiger partial charge on any atom is 0.335 e. The molecule has 0 unspecified atom stereocenters. The second-order valence-electron chi connectivity index (χ2n) is 3.60. The van der Waals surface area contributed by atoms with Gasteiger partial charge in [0.05, 0.1) is 16.3 Å². The van der Waals surface area contributed by atoms with Crippen LogP contribution in [0.25, 0.3) is 0 Å². The average molecular weight is 283 g/mol. The third-order valence-electron chi connectivity index (χ3n) is 2.22. The van der Waals surface area contributed by atoms with Gasteiger partial charge in [0.25, 0.3) is 0 Å². The smallest absolute Gasteiger partial charge is 0.335 e. The Balaban J connectivity index is 2.13. The largest absolute Gasteiger partial charge is 0.478 e. The second kappa shape index (κ2) is 5.49. The lowest BCUT2D eigenvalue weighted by Gasteiger charge is -2.03. The van der Waals surface area contributed by atoms with Crippen LogP contribution < -0.4 is 0 Å². The SMILES string of the molecule is Cc1nc(CSc2cc(C(=O)O)ccc2F)cs1. The fraction of sp³-hybridized carbons (Fsp3) is 0.167. The van der Waals surface area contributed by atoms with Crippen molar-refractivity contribution < 1.29 is 14.3 Å². The van der Waals surface area contributed by atoms with E-state index in [-0.39, 0.29) is 5.56 Å². The van der Waals surface area contributed by atoms with E-state index in [0.717, 1.165) is 10.7 Å². The molecule has 94 valence electrons. The van der Waals surface area contributed by atoms with E-state index < -0.39 is 11.8 Å². The first-order valence-corrected chi connectivity index (χ1v) is 6.99. The van der Waals surface area contributed by atoms with Gasteiger partial charge in [-0.05, 0) is 25.1 Å². The lowest BCUT2D eigenvalue weighted by molar-refractivity contribution is 0.0696. The van der Waals surface area contributed by atoms with Crippen LogP contribution >= 0.6 is 23.1 Å². The maximum atomic E-state index is 13.5. The molecule has 0 aliphatic carbocycles. The van der Waals surface area contributed by atoms with Crippen LogP contribution in [0.5, 0.6) is 0 Å². The van der Waals surface area contributed by atoms with Crippen molar-refractivity contribution in [3.8, 4) is 0 Å². The summed E-state index contributed by atoms with van der Waals surface area (Å²) in [5.41, 5.74) is 0.969. The number of benzene rings is 1. The van der Waals surface area contributed by atoms with Crippen molar-refractivity contribution in [1.82, 2.24) is 4.98 Å². The molecule has 1 heterocycles. The van der Waals surface area contributed by atoms with Crippen molar-refractivity contribution in [2.75, 3.05) is 0 Å². The van der Waals surface area contributed by atoms with Crippen molar-refractivity contribution in [2.24, 2.45) is 0 Å². The van der Waals surface area contributed by atoms with Gasteiger partial charge in [-0.25, -0.2) is 14.2 Å². The molecule has 1 aromatic heterocycles. The molecule has 6 heteroatoms. The van der Waals surface area contributed by atoms with Crippen LogP contribution in [-0.4, -0.2) is 16.1 Å². The Bertz CT molecular complexity index is 583. The molecule has 2 aromatic rings. The highest BCUT2D eigenvalue weighted by Gasteiger charge is 2.09. The molecule has 0 fully saturated rings. The van der Waals surface area contributed by atoms with E-state index in [9.17, 15) is 9.18 Å². The number of hydrogen-bond acceptors (Lipinski definition) is 4. The molecular weight excluding hydrogens is 273 g/mol. The minimum absolute atomic E-state index is 0.0911. The van der Waals surface area contributed by atoms with Crippen molar-refractivity contribution >= 4 is 29.1 Å². The van der Waals surface area contributed by atoms with E-state index in [1.165, 1.54) is 41.3 Å². The van der Waals surface area contributed by atoms with Gasteiger partial charge in [-0.3, -0.25) is 0 Å². The van der Waals surface area contributed by atoms with Crippen molar-refractivity contribution in [3.63, 3.8) is 0 Å². The molecule has 18 heavy (non-hydrogen) atoms. The fourth-order valence-corrected chi connectivity index (χ4v) is 2.96. The van der Waals surface area contributed by atoms with Gasteiger partial charge in [-0.2, -0.15) is 0 Å². The molecule has 0 aliphatic heterocycles. The summed E-state index contributed by atoms with van der Waals surface area (Å²) < 4.78 is 13.5. The normalized spacial score (nSPS) is 10.6. The topological polar surface area (TPSA) is 50.2 Å². The molecule has 0 atom stereocenters. The van der Waals surface area contributed by atoms with Gasteiger partial charge in [-0.15, -0.1) is 23.1 Å². The zero-order chi connectivity index (χ0) is 13.1. The molecule has 2 rings (SSSR count). The number of aryl methyl sites for hydroxylation is 1. The van der Waals surface area contributed by atoms with Gasteiger partial charge >= 0.3 is 5.97 Å². The number of rotatable bonds is 4. The predicted molar refractivity (Wildman–Crippen MR) is 69.8 cm³/mol. The summed E-state index contributed by atoms with van der Waals surface area (Å²) in [6.45, 7) is 1.91. The van der Waals surface area contributed by atoms with Crippen molar-refractivity contribution in [2.45, 2.75) is 17.6 Å². The van der Waals surface area contributed by atoms with Gasteiger partial charge in [0.15, 0.2) is 0 Å². The quantitative estimate of drug-likeness (QED) is 0.871. The monoisotopic (exact) mass is 283 g/mol. The number of thiazole rings is 1. The van der Waals surface area contributed by atoms with Gasteiger partial charge in [0.2, 0.25) is 0 Å². The molecule has 0 amide bonds. The van der Waals surface area contributed by atoms with Crippen LogP contribution in [0, 0.1) is 12.7 Å². The van der Waals surface area contributed by atoms with Crippen LogP contribution in [0.3, 0.4) is 0 Å². The first kappa shape index (κ1) is 13.0. The molecule has 1 aromatic carbocycles. The zero-order valence-electron chi connectivity index (χ0n) is 9.51. The van der Waals surface area contributed by atoms with Gasteiger partial charge < -0.3 is 5.11 Å². The minimum Gasteiger partial charge on any atom is -0.478 e. The number of aromatic carboxylic acids is 1. The van der Waals surface area contributed by atoms with Gasteiger partial charge in [0, 0.05) is 16.0 Å². The van der Waals surface area contributed by atoms with E-state index in [1.807, 2.05) is 12.3 Å². The molecule has 0 spiro atoms. The van der Waals surface area contributed by atoms with E-state index in [0.29, 0.717) is 10.6 Å². The lowest BCUT2D eigenvalue weighted by atomic mass is 10.2. The van der Waals surface area contributed by atoms with Crippen LogP contribution in [0.1, 0.15) is 21.1 Å². The number of nitrogens with zero attached hydrogens (tertiary/aromatic N) is 1. The maximum absolute atomic E-state index is 13.5. The fourth-order valence-electron chi connectivity index (χ4n) is 1.37. The summed E-state index contributed by atoms with van der Waals surface area (Å²) in [7, 11) is 0. The number of halogens is 1. The van der Waals surface area contributed by atoms with Crippen molar-refractivity contribution in [3.05, 3.63) is 45.7 Å². The van der Waals surface area contributed by atoms with Crippen LogP contribution in [-0.2, 0) is 5.75 Å². The molecule has 0 aliphatic rings. The number of hydrogen-bond donors (Lipinski definition) is 1. The number of carboxylic acid groups (broad SMARTS) is 1. The van der Waals surface area contributed by atoms with Gasteiger partial charge in [0.1, 0.15) is 5.82 Å². The average Bonchev–Trinajstić information content (AvgIpc) is 2.74. The van der Waals surface area contributed by atoms with Gasteiger partial charge in [-0.1, -0.05) is 0 Å². The van der Waals surface area contributed by atoms with E-state index >= 15 is 0 Å². The Morgan fingerprint density at radius 3 is 2.94 bits per heavy atom. The lowest BCUT2D eigenvalue weighted by Crippen LogP contribution is -1.97. The van der Waals surface area contributed by atoms with Crippen LogP contribution in [0.15, 0.2) is 28.5 Å². The highest BCUT2D eigenvalue weighted by atomic mass is 32.2. The molecule has 3 nitrogen and oxygen atoms in total. The first-order chi connectivity index (χ1) is 8.56. The third-order valence-corrected chi connectivity index (χ3v) is 4.11. The Morgan fingerprint density at radius 2 is 2.33 bits per heavy atom. The molecule has 0 saturated carbocycles. The zero-order valence-corrected chi connectivity index (χ0v) is 11.1. The summed E-state index contributed by atoms with van der Waals surface area (Å²) in [4.78, 5) is 15.4. The molecular formula is C12H10FNO2S2. The summed E-state index contributed by atoms with van der Waals surface area (Å²) in [5, 5.41) is 11.7. The molecule has 1 N–H and O–H groups in total. The summed E-state index contributed by atoms with van der Waals surface area (Å²) >= 11 is 2.79. The Morgan fingerprint density at radius 1 is 1.56 bits per heavy atom. The standard InChI is InChI=1S/C12H10FNO2S2/c1-7-14-9(5-17-7)6-18-11-4-8(12(15)16)2-3-10(11)13/h2-5H,6H2,1H3,(H,15,16). The molecule has 0 radical (unpaired) electrons. The summed E-state index contributed by atoms with van der Waals surface area (Å²) in [6.07, 6.45) is 0. The molecule has 0 saturated heterocycles. The van der Waals surface area contributed by atoms with E-state index in [1.54, 1.807) is 0 Å². The highest BCUT2D eigenvalue weighted by molar-refractivity contribution is 7.98. The second-order valence-corrected chi connectivity index (χ2v) is 5.68. The number of aromatic nitrogens is 1. The Labute approximate surface area is 112 Å². The summed E-state index contributed by atoms with van der Waals surface area (Å²) in [6, 6.07) is 3.79. The highest BCUT2D eigenvalue weighted by Crippen LogP contribution is 2.27. The van der Waals surface area contributed by atoms with Crippen LogP contribution in [0.4, 0.5) is 4.39 Å². The number of thioether (sulfide) groups is 1. The Kier molecular flexibility index (Phi) is 3.98. The number of carbonyl (C=O) groups is 1. The summed E-state index contributed by atoms with van der Waals surface area (Å²) in [5.74, 6) is -0.928. The van der Waals surface area contributed by atoms with Crippen molar-refractivity contribution in [1.29, 1.82) is 0 Å². The first-order valence-electron chi connectivity index (χ1n) is 5.13. The molecule has 0 bridgehead atoms. The number of carboxylic acids is 1. The van der Waals surface area contributed by atoms with E-state index in [4.69, 9.17) is 5.11 Å². The Hall–Kier alpha value is -1.40. The van der Waals surface area contributed by atoms with E-state index in [2.05, 4.69) is 4.98 Å². The van der Waals surface area contributed by atoms with Crippen LogP contribution in [0.2, 0.25) is 0 Å².